The molecule has 0 aromatic rings. The molecule has 2 saturated heterocycles. The molecule has 0 radical (unpaired) electrons. The molecule has 0 aromatic heterocycles. The Morgan fingerprint density at radius 3 is 2.25 bits per heavy atom. The Morgan fingerprint density at radius 1 is 0.950 bits per heavy atom. The second-order valence-electron chi connectivity index (χ2n) is 5.83. The predicted octanol–water partition coefficient (Wildman–Crippen LogP) is 3.65. The van der Waals surface area contributed by atoms with E-state index < -0.39 is 0 Å². The number of aliphatic hydroxyl groups is 1. The molecule has 3 nitrogen and oxygen atoms in total. The van der Waals surface area contributed by atoms with Gasteiger partial charge in [0.05, 0.1) is 17.3 Å². The lowest BCUT2D eigenvalue weighted by atomic mass is 10.0. The zero-order valence-electron chi connectivity index (χ0n) is 12.6. The first-order chi connectivity index (χ1) is 9.68. The van der Waals surface area contributed by atoms with Crippen LogP contribution >= 0.6 is 23.5 Å². The normalized spacial score (nSPS) is 24.9. The van der Waals surface area contributed by atoms with Gasteiger partial charge in [0.15, 0.2) is 5.79 Å². The molecule has 0 bridgehead atoms. The van der Waals surface area contributed by atoms with E-state index in [1.807, 2.05) is 0 Å². The van der Waals surface area contributed by atoms with Crippen LogP contribution in [0.1, 0.15) is 51.9 Å². The van der Waals surface area contributed by atoms with Gasteiger partial charge in [0, 0.05) is 13.0 Å². The van der Waals surface area contributed by atoms with Crippen molar-refractivity contribution in [3.63, 3.8) is 0 Å². The van der Waals surface area contributed by atoms with Gasteiger partial charge in [-0.15, -0.1) is 23.5 Å². The number of hydrogen-bond donors (Lipinski definition) is 1. The Hall–Kier alpha value is 0.580. The van der Waals surface area contributed by atoms with Crippen LogP contribution in [0.25, 0.3) is 0 Å². The van der Waals surface area contributed by atoms with E-state index in [9.17, 15) is 0 Å². The molecule has 118 valence electrons. The number of thioether (sulfide) groups is 2. The van der Waals surface area contributed by atoms with Gasteiger partial charge in [0.2, 0.25) is 0 Å². The average molecular weight is 321 g/mol. The standard InChI is InChI=1S/C15H28O3S2/c1-14(17-10-11-18-14)6-4-8-15(7-2-3-9-16)19-12-5-13-20-15/h16H,2-13H2,1H3. The Kier molecular flexibility index (Phi) is 7.01. The summed E-state index contributed by atoms with van der Waals surface area (Å²) in [6, 6.07) is 0. The monoisotopic (exact) mass is 320 g/mol. The van der Waals surface area contributed by atoms with Crippen LogP contribution in [-0.4, -0.2) is 46.3 Å². The zero-order chi connectivity index (χ0) is 14.3. The zero-order valence-corrected chi connectivity index (χ0v) is 14.2. The second kappa shape index (κ2) is 8.28. The first-order valence-electron chi connectivity index (χ1n) is 7.85. The van der Waals surface area contributed by atoms with Crippen molar-refractivity contribution in [2.45, 2.75) is 61.7 Å². The number of hydrogen-bond acceptors (Lipinski definition) is 5. The fourth-order valence-corrected chi connectivity index (χ4v) is 6.41. The first-order valence-corrected chi connectivity index (χ1v) is 9.82. The predicted molar refractivity (Wildman–Crippen MR) is 87.4 cm³/mol. The lowest BCUT2D eigenvalue weighted by Gasteiger charge is -2.37. The summed E-state index contributed by atoms with van der Waals surface area (Å²) < 4.78 is 11.8. The van der Waals surface area contributed by atoms with Crippen LogP contribution in [0, 0.1) is 0 Å². The first kappa shape index (κ1) is 16.9. The van der Waals surface area contributed by atoms with E-state index in [2.05, 4.69) is 30.4 Å². The van der Waals surface area contributed by atoms with Gasteiger partial charge in [-0.2, -0.15) is 0 Å². The Balaban J connectivity index is 1.77. The summed E-state index contributed by atoms with van der Waals surface area (Å²) in [6.45, 7) is 3.87. The minimum absolute atomic E-state index is 0.325. The topological polar surface area (TPSA) is 38.7 Å². The molecular weight excluding hydrogens is 292 g/mol. The second-order valence-corrected chi connectivity index (χ2v) is 9.04. The van der Waals surface area contributed by atoms with E-state index in [0.717, 1.165) is 38.9 Å². The van der Waals surface area contributed by atoms with Gasteiger partial charge < -0.3 is 14.6 Å². The summed E-state index contributed by atoms with van der Waals surface area (Å²) in [4.78, 5) is 0. The molecule has 0 aromatic carbocycles. The molecule has 2 aliphatic rings. The molecule has 0 unspecified atom stereocenters. The van der Waals surface area contributed by atoms with Crippen LogP contribution in [-0.2, 0) is 9.47 Å². The molecule has 0 atom stereocenters. The lowest BCUT2D eigenvalue weighted by Crippen LogP contribution is -2.29. The van der Waals surface area contributed by atoms with Crippen LogP contribution in [0.15, 0.2) is 0 Å². The van der Waals surface area contributed by atoms with Crippen LogP contribution in [0.4, 0.5) is 0 Å². The van der Waals surface area contributed by atoms with E-state index in [1.165, 1.54) is 30.8 Å². The van der Waals surface area contributed by atoms with Crippen molar-refractivity contribution < 1.29 is 14.6 Å². The van der Waals surface area contributed by atoms with Crippen LogP contribution in [0.5, 0.6) is 0 Å². The summed E-state index contributed by atoms with van der Waals surface area (Å²) in [5.41, 5.74) is 0. The van der Waals surface area contributed by atoms with Crippen molar-refractivity contribution in [3.05, 3.63) is 0 Å². The molecule has 5 heteroatoms. The Morgan fingerprint density at radius 2 is 1.60 bits per heavy atom. The molecule has 0 amide bonds. The highest BCUT2D eigenvalue weighted by Gasteiger charge is 2.35. The van der Waals surface area contributed by atoms with Gasteiger partial charge in [-0.3, -0.25) is 0 Å². The van der Waals surface area contributed by atoms with E-state index in [0.29, 0.717) is 10.7 Å². The molecule has 20 heavy (non-hydrogen) atoms. The maximum Gasteiger partial charge on any atom is 0.165 e. The molecule has 0 spiro atoms. The number of unbranched alkanes of at least 4 members (excludes halogenated alkanes) is 1. The van der Waals surface area contributed by atoms with Gasteiger partial charge in [0.1, 0.15) is 0 Å². The van der Waals surface area contributed by atoms with Gasteiger partial charge in [0.25, 0.3) is 0 Å². The van der Waals surface area contributed by atoms with Gasteiger partial charge in [-0.1, -0.05) is 0 Å². The maximum atomic E-state index is 8.99. The van der Waals surface area contributed by atoms with Crippen molar-refractivity contribution >= 4 is 23.5 Å². The average Bonchev–Trinajstić information content (AvgIpc) is 2.87. The van der Waals surface area contributed by atoms with Gasteiger partial charge in [-0.05, 0) is 57.0 Å². The molecular formula is C15H28O3S2. The molecule has 2 aliphatic heterocycles. The molecule has 1 N–H and O–H groups in total. The van der Waals surface area contributed by atoms with Crippen LogP contribution in [0.2, 0.25) is 0 Å². The number of ether oxygens (including phenoxy) is 2. The minimum Gasteiger partial charge on any atom is -0.396 e. The van der Waals surface area contributed by atoms with E-state index in [1.54, 1.807) is 0 Å². The third-order valence-corrected chi connectivity index (χ3v) is 7.63. The third kappa shape index (κ3) is 5.09. The molecule has 2 fully saturated rings. The van der Waals surface area contributed by atoms with Gasteiger partial charge in [-0.25, -0.2) is 0 Å². The fraction of sp³-hybridized carbons (Fsp3) is 1.00. The Bertz CT molecular complexity index is 274. The Labute approximate surface area is 131 Å². The SMILES string of the molecule is CC1(CCCC2(CCCCO)SCCCS2)OCCO1. The minimum atomic E-state index is -0.337. The summed E-state index contributed by atoms with van der Waals surface area (Å²) in [7, 11) is 0. The molecule has 0 aliphatic carbocycles. The van der Waals surface area contributed by atoms with E-state index >= 15 is 0 Å². The largest absolute Gasteiger partial charge is 0.396 e. The summed E-state index contributed by atoms with van der Waals surface area (Å²) in [5.74, 6) is 2.24. The van der Waals surface area contributed by atoms with Crippen LogP contribution < -0.4 is 0 Å². The molecule has 2 heterocycles. The summed E-state index contributed by atoms with van der Waals surface area (Å²) >= 11 is 4.28. The number of rotatable bonds is 8. The van der Waals surface area contributed by atoms with E-state index in [4.69, 9.17) is 14.6 Å². The highest BCUT2D eigenvalue weighted by molar-refractivity contribution is 8.18. The summed E-state index contributed by atoms with van der Waals surface area (Å²) in [6.07, 6.45) is 8.03. The van der Waals surface area contributed by atoms with Crippen molar-refractivity contribution in [1.29, 1.82) is 0 Å². The van der Waals surface area contributed by atoms with Gasteiger partial charge >= 0.3 is 0 Å². The van der Waals surface area contributed by atoms with Crippen molar-refractivity contribution in [2.75, 3.05) is 31.3 Å². The van der Waals surface area contributed by atoms with E-state index in [-0.39, 0.29) is 5.79 Å². The molecule has 0 saturated carbocycles. The fourth-order valence-electron chi connectivity index (χ4n) is 2.92. The lowest BCUT2D eigenvalue weighted by molar-refractivity contribution is -0.147. The number of aliphatic hydroxyl groups excluding tert-OH is 1. The highest BCUT2D eigenvalue weighted by Crippen LogP contribution is 2.49. The van der Waals surface area contributed by atoms with Crippen LogP contribution in [0.3, 0.4) is 0 Å². The summed E-state index contributed by atoms with van der Waals surface area (Å²) in [5, 5.41) is 8.99. The molecule has 2 rings (SSSR count). The van der Waals surface area contributed by atoms with Crippen molar-refractivity contribution in [2.24, 2.45) is 0 Å². The third-order valence-electron chi connectivity index (χ3n) is 4.07. The quantitative estimate of drug-likeness (QED) is 0.691. The smallest absolute Gasteiger partial charge is 0.165 e. The van der Waals surface area contributed by atoms with Crippen molar-refractivity contribution in [1.82, 2.24) is 0 Å². The maximum absolute atomic E-state index is 8.99. The highest BCUT2D eigenvalue weighted by atomic mass is 32.2. The van der Waals surface area contributed by atoms with Crippen molar-refractivity contribution in [3.8, 4) is 0 Å².